The van der Waals surface area contributed by atoms with E-state index in [1.165, 1.54) is 29.5 Å². The van der Waals surface area contributed by atoms with Gasteiger partial charge in [0.25, 0.3) is 0 Å². The minimum absolute atomic E-state index is 0.511. The molecule has 1 atom stereocenters. The van der Waals surface area contributed by atoms with Crippen molar-refractivity contribution in [3.05, 3.63) is 42.2 Å². The van der Waals surface area contributed by atoms with E-state index in [4.69, 9.17) is 0 Å². The molecule has 1 aliphatic heterocycles. The van der Waals surface area contributed by atoms with E-state index >= 15 is 0 Å². The van der Waals surface area contributed by atoms with Gasteiger partial charge < -0.3 is 5.32 Å². The van der Waals surface area contributed by atoms with Crippen molar-refractivity contribution in [1.29, 1.82) is 0 Å². The first-order valence-corrected chi connectivity index (χ1v) is 7.21. The quantitative estimate of drug-likeness (QED) is 0.913. The van der Waals surface area contributed by atoms with Crippen LogP contribution in [0.15, 0.2) is 36.7 Å². The van der Waals surface area contributed by atoms with Gasteiger partial charge in [-0.2, -0.15) is 5.10 Å². The molecule has 1 aromatic heterocycles. The lowest BCUT2D eigenvalue weighted by Crippen LogP contribution is -2.31. The Bertz CT molecular complexity index is 521. The molecule has 0 aliphatic carbocycles. The van der Waals surface area contributed by atoms with Crippen molar-refractivity contribution in [3.8, 4) is 11.1 Å². The molecule has 2 aromatic rings. The number of nitrogens with one attached hydrogen (secondary N) is 1. The van der Waals surface area contributed by atoms with Crippen LogP contribution in [0.25, 0.3) is 11.1 Å². The summed E-state index contributed by atoms with van der Waals surface area (Å²) in [6.45, 7) is 4.36. The summed E-state index contributed by atoms with van der Waals surface area (Å²) in [5.74, 6) is 0. The number of rotatable bonds is 3. The molecule has 100 valence electrons. The van der Waals surface area contributed by atoms with E-state index in [0.717, 1.165) is 19.5 Å². The zero-order chi connectivity index (χ0) is 13.1. The fourth-order valence-corrected chi connectivity index (χ4v) is 2.68. The van der Waals surface area contributed by atoms with Gasteiger partial charge in [-0.15, -0.1) is 0 Å². The molecule has 3 nitrogen and oxygen atoms in total. The number of benzene rings is 1. The summed E-state index contributed by atoms with van der Waals surface area (Å²) in [6, 6.07) is 9.31. The molecule has 2 heterocycles. The van der Waals surface area contributed by atoms with Gasteiger partial charge in [0.1, 0.15) is 0 Å². The van der Waals surface area contributed by atoms with Crippen molar-refractivity contribution >= 4 is 0 Å². The molecule has 3 heteroatoms. The number of aryl methyl sites for hydroxylation is 1. The maximum absolute atomic E-state index is 4.54. The largest absolute Gasteiger partial charge is 0.315 e. The molecule has 1 fully saturated rings. The Morgan fingerprint density at radius 3 is 2.79 bits per heavy atom. The first-order chi connectivity index (χ1) is 9.36. The van der Waals surface area contributed by atoms with Crippen LogP contribution < -0.4 is 5.32 Å². The lowest BCUT2D eigenvalue weighted by molar-refractivity contribution is 0.347. The fraction of sp³-hybridized carbons (Fsp3) is 0.438. The molecule has 19 heavy (non-hydrogen) atoms. The van der Waals surface area contributed by atoms with E-state index in [1.807, 2.05) is 6.20 Å². The summed E-state index contributed by atoms with van der Waals surface area (Å²) < 4.78 is 2.12. The molecule has 1 N–H and O–H groups in total. The Morgan fingerprint density at radius 2 is 2.11 bits per heavy atom. The predicted octanol–water partition coefficient (Wildman–Crippen LogP) is 3.04. The second-order valence-electron chi connectivity index (χ2n) is 5.26. The van der Waals surface area contributed by atoms with Crippen LogP contribution in [0.4, 0.5) is 0 Å². The van der Waals surface area contributed by atoms with Gasteiger partial charge in [0, 0.05) is 18.3 Å². The number of hydrogen-bond donors (Lipinski definition) is 1. The van der Waals surface area contributed by atoms with Gasteiger partial charge in [0.2, 0.25) is 0 Å². The van der Waals surface area contributed by atoms with Crippen molar-refractivity contribution in [1.82, 2.24) is 15.1 Å². The van der Waals surface area contributed by atoms with Gasteiger partial charge in [0.15, 0.2) is 0 Å². The van der Waals surface area contributed by atoms with Crippen LogP contribution in [-0.2, 0) is 6.42 Å². The number of piperidine rings is 1. The van der Waals surface area contributed by atoms with Crippen LogP contribution in [0.1, 0.15) is 31.4 Å². The van der Waals surface area contributed by atoms with Gasteiger partial charge in [-0.1, -0.05) is 31.2 Å². The third-order valence-corrected chi connectivity index (χ3v) is 3.94. The molecular formula is C16H21N3. The molecule has 0 amide bonds. The zero-order valence-electron chi connectivity index (χ0n) is 11.5. The van der Waals surface area contributed by atoms with E-state index < -0.39 is 0 Å². The van der Waals surface area contributed by atoms with Crippen molar-refractivity contribution in [2.45, 2.75) is 32.2 Å². The molecule has 0 spiro atoms. The Hall–Kier alpha value is -1.61. The lowest BCUT2D eigenvalue weighted by Gasteiger charge is -2.22. The molecular weight excluding hydrogens is 234 g/mol. The van der Waals surface area contributed by atoms with E-state index in [0.29, 0.717) is 6.04 Å². The maximum atomic E-state index is 4.54. The monoisotopic (exact) mass is 255 g/mol. The molecule has 0 radical (unpaired) electrons. The molecule has 1 saturated heterocycles. The highest BCUT2D eigenvalue weighted by atomic mass is 15.3. The van der Waals surface area contributed by atoms with Gasteiger partial charge in [-0.05, 0) is 36.9 Å². The SMILES string of the molecule is CCc1ccc(-c2cnn(C3CCCNC3)c2)cc1. The average Bonchev–Trinajstić information content (AvgIpc) is 2.98. The second kappa shape index (κ2) is 5.57. The summed E-state index contributed by atoms with van der Waals surface area (Å²) in [7, 11) is 0. The maximum Gasteiger partial charge on any atom is 0.0644 e. The highest BCUT2D eigenvalue weighted by molar-refractivity contribution is 5.61. The highest BCUT2D eigenvalue weighted by Gasteiger charge is 2.15. The summed E-state index contributed by atoms with van der Waals surface area (Å²) in [4.78, 5) is 0. The second-order valence-corrected chi connectivity index (χ2v) is 5.26. The third kappa shape index (κ3) is 2.71. The minimum Gasteiger partial charge on any atom is -0.315 e. The lowest BCUT2D eigenvalue weighted by atomic mass is 10.1. The molecule has 1 unspecified atom stereocenters. The van der Waals surface area contributed by atoms with Crippen molar-refractivity contribution in [3.63, 3.8) is 0 Å². The first kappa shape index (κ1) is 12.4. The first-order valence-electron chi connectivity index (χ1n) is 7.21. The molecule has 3 rings (SSSR count). The molecule has 0 saturated carbocycles. The van der Waals surface area contributed by atoms with Gasteiger partial charge >= 0.3 is 0 Å². The van der Waals surface area contributed by atoms with Crippen LogP contribution >= 0.6 is 0 Å². The van der Waals surface area contributed by atoms with Crippen LogP contribution in [0.3, 0.4) is 0 Å². The van der Waals surface area contributed by atoms with E-state index in [2.05, 4.69) is 52.5 Å². The van der Waals surface area contributed by atoms with Gasteiger partial charge in [-0.25, -0.2) is 0 Å². The number of nitrogens with zero attached hydrogens (tertiary/aromatic N) is 2. The van der Waals surface area contributed by atoms with E-state index in [1.54, 1.807) is 0 Å². The number of aromatic nitrogens is 2. The zero-order valence-corrected chi connectivity index (χ0v) is 11.5. The molecule has 0 bridgehead atoms. The third-order valence-electron chi connectivity index (χ3n) is 3.94. The van der Waals surface area contributed by atoms with E-state index in [-0.39, 0.29) is 0 Å². The van der Waals surface area contributed by atoms with Gasteiger partial charge in [-0.3, -0.25) is 4.68 Å². The summed E-state index contributed by atoms with van der Waals surface area (Å²) in [6.07, 6.45) is 7.72. The van der Waals surface area contributed by atoms with Crippen LogP contribution in [0.5, 0.6) is 0 Å². The Balaban J connectivity index is 1.79. The van der Waals surface area contributed by atoms with Crippen LogP contribution in [-0.4, -0.2) is 22.9 Å². The average molecular weight is 255 g/mol. The Kier molecular flexibility index (Phi) is 3.65. The van der Waals surface area contributed by atoms with Gasteiger partial charge in [0.05, 0.1) is 12.2 Å². The van der Waals surface area contributed by atoms with E-state index in [9.17, 15) is 0 Å². The Morgan fingerprint density at radius 1 is 1.26 bits per heavy atom. The standard InChI is InChI=1S/C16H21N3/c1-2-13-5-7-14(8-6-13)15-10-18-19(12-15)16-4-3-9-17-11-16/h5-8,10,12,16-17H,2-4,9,11H2,1H3. The van der Waals surface area contributed by atoms with Crippen LogP contribution in [0.2, 0.25) is 0 Å². The summed E-state index contributed by atoms with van der Waals surface area (Å²) in [5.41, 5.74) is 3.85. The Labute approximate surface area is 114 Å². The highest BCUT2D eigenvalue weighted by Crippen LogP contribution is 2.22. The van der Waals surface area contributed by atoms with Crippen molar-refractivity contribution < 1.29 is 0 Å². The van der Waals surface area contributed by atoms with Crippen molar-refractivity contribution in [2.24, 2.45) is 0 Å². The van der Waals surface area contributed by atoms with Crippen molar-refractivity contribution in [2.75, 3.05) is 13.1 Å². The van der Waals surface area contributed by atoms with Crippen LogP contribution in [0, 0.1) is 0 Å². The smallest absolute Gasteiger partial charge is 0.0644 e. The predicted molar refractivity (Wildman–Crippen MR) is 78.2 cm³/mol. The number of hydrogen-bond acceptors (Lipinski definition) is 2. The molecule has 1 aliphatic rings. The summed E-state index contributed by atoms with van der Waals surface area (Å²) in [5, 5.41) is 7.97. The summed E-state index contributed by atoms with van der Waals surface area (Å²) >= 11 is 0. The topological polar surface area (TPSA) is 29.9 Å². The molecule has 1 aromatic carbocycles. The normalized spacial score (nSPS) is 19.5. The minimum atomic E-state index is 0.511. The fourth-order valence-electron chi connectivity index (χ4n) is 2.68.